The predicted molar refractivity (Wildman–Crippen MR) is 102 cm³/mol. The summed E-state index contributed by atoms with van der Waals surface area (Å²) in [6, 6.07) is 9.48. The van der Waals surface area contributed by atoms with Gasteiger partial charge in [0, 0.05) is 56.2 Å². The third kappa shape index (κ3) is 3.93. The van der Waals surface area contributed by atoms with Gasteiger partial charge < -0.3 is 9.88 Å². The Bertz CT molecular complexity index is 900. The SMILES string of the molecule is CCn1cc(CN2Cc3cncn3[C@@H](CNC(=O)c3ccccc3)C2)cn1. The molecule has 0 spiro atoms. The molecule has 1 aliphatic rings. The van der Waals surface area contributed by atoms with Crippen molar-refractivity contribution in [1.29, 1.82) is 0 Å². The van der Waals surface area contributed by atoms with Gasteiger partial charge in [-0.05, 0) is 19.1 Å². The van der Waals surface area contributed by atoms with Crippen molar-refractivity contribution < 1.29 is 4.79 Å². The Balaban J connectivity index is 1.43. The zero-order valence-corrected chi connectivity index (χ0v) is 15.5. The molecule has 7 heteroatoms. The van der Waals surface area contributed by atoms with Crippen LogP contribution in [-0.4, -0.2) is 43.2 Å². The molecule has 0 saturated heterocycles. The minimum Gasteiger partial charge on any atom is -0.350 e. The van der Waals surface area contributed by atoms with Gasteiger partial charge in [0.1, 0.15) is 0 Å². The smallest absolute Gasteiger partial charge is 0.251 e. The molecule has 3 aromatic rings. The van der Waals surface area contributed by atoms with E-state index in [1.54, 1.807) is 0 Å². The summed E-state index contributed by atoms with van der Waals surface area (Å²) in [4.78, 5) is 19.1. The van der Waals surface area contributed by atoms with Crippen LogP contribution in [0.5, 0.6) is 0 Å². The fourth-order valence-electron chi connectivity index (χ4n) is 3.57. The van der Waals surface area contributed by atoms with E-state index in [2.05, 4.69) is 38.0 Å². The van der Waals surface area contributed by atoms with Crippen LogP contribution in [-0.2, 0) is 19.6 Å². The molecule has 1 aliphatic heterocycles. The number of hydrogen-bond donors (Lipinski definition) is 1. The molecule has 7 nitrogen and oxygen atoms in total. The number of nitrogens with one attached hydrogen (secondary N) is 1. The number of benzene rings is 1. The molecule has 3 heterocycles. The molecule has 0 saturated carbocycles. The predicted octanol–water partition coefficient (Wildman–Crippen LogP) is 2.09. The summed E-state index contributed by atoms with van der Waals surface area (Å²) in [5, 5.41) is 7.43. The third-order valence-corrected chi connectivity index (χ3v) is 4.95. The molecule has 4 rings (SSSR count). The number of fused-ring (bicyclic) bond motifs is 1. The van der Waals surface area contributed by atoms with Gasteiger partial charge in [-0.15, -0.1) is 0 Å². The van der Waals surface area contributed by atoms with Gasteiger partial charge in [0.15, 0.2) is 0 Å². The van der Waals surface area contributed by atoms with Crippen LogP contribution >= 0.6 is 0 Å². The molecule has 0 unspecified atom stereocenters. The second-order valence-corrected chi connectivity index (χ2v) is 6.90. The maximum absolute atomic E-state index is 12.4. The number of imidazole rings is 1. The highest BCUT2D eigenvalue weighted by Crippen LogP contribution is 2.22. The van der Waals surface area contributed by atoms with Gasteiger partial charge in [-0.1, -0.05) is 18.2 Å². The lowest BCUT2D eigenvalue weighted by Gasteiger charge is -2.34. The number of rotatable bonds is 6. The van der Waals surface area contributed by atoms with Crippen LogP contribution in [0.1, 0.15) is 34.6 Å². The number of aromatic nitrogens is 4. The van der Waals surface area contributed by atoms with Crippen LogP contribution in [0, 0.1) is 0 Å². The number of aryl methyl sites for hydroxylation is 1. The molecule has 1 atom stereocenters. The van der Waals surface area contributed by atoms with Crippen molar-refractivity contribution in [3.8, 4) is 0 Å². The Hall–Kier alpha value is -2.93. The fraction of sp³-hybridized carbons (Fsp3) is 0.350. The van der Waals surface area contributed by atoms with Crippen LogP contribution in [0.3, 0.4) is 0 Å². The van der Waals surface area contributed by atoms with Crippen LogP contribution in [0.15, 0.2) is 55.2 Å². The van der Waals surface area contributed by atoms with E-state index in [9.17, 15) is 4.79 Å². The van der Waals surface area contributed by atoms with E-state index in [0.29, 0.717) is 12.1 Å². The van der Waals surface area contributed by atoms with Gasteiger partial charge in [-0.3, -0.25) is 14.4 Å². The summed E-state index contributed by atoms with van der Waals surface area (Å²) in [7, 11) is 0. The molecule has 140 valence electrons. The first-order valence-electron chi connectivity index (χ1n) is 9.30. The second-order valence-electron chi connectivity index (χ2n) is 6.90. The molecule has 0 bridgehead atoms. The first-order valence-corrected chi connectivity index (χ1v) is 9.30. The molecule has 0 aliphatic carbocycles. The van der Waals surface area contributed by atoms with E-state index in [1.165, 1.54) is 11.3 Å². The number of amides is 1. The molecular weight excluding hydrogens is 340 g/mol. The minimum atomic E-state index is -0.0430. The quantitative estimate of drug-likeness (QED) is 0.727. The molecule has 2 aromatic heterocycles. The molecule has 1 N–H and O–H groups in total. The largest absolute Gasteiger partial charge is 0.350 e. The maximum atomic E-state index is 12.4. The topological polar surface area (TPSA) is 68.0 Å². The lowest BCUT2D eigenvalue weighted by molar-refractivity contribution is 0.0935. The lowest BCUT2D eigenvalue weighted by atomic mass is 10.1. The van der Waals surface area contributed by atoms with Gasteiger partial charge in [0.05, 0.1) is 24.3 Å². The van der Waals surface area contributed by atoms with E-state index in [4.69, 9.17) is 0 Å². The van der Waals surface area contributed by atoms with Gasteiger partial charge in [-0.25, -0.2) is 4.98 Å². The van der Waals surface area contributed by atoms with E-state index in [-0.39, 0.29) is 11.9 Å². The number of nitrogens with zero attached hydrogens (tertiary/aromatic N) is 5. The van der Waals surface area contributed by atoms with Crippen LogP contribution in [0.4, 0.5) is 0 Å². The monoisotopic (exact) mass is 364 g/mol. The lowest BCUT2D eigenvalue weighted by Crippen LogP contribution is -2.42. The Morgan fingerprint density at radius 2 is 2.11 bits per heavy atom. The summed E-state index contributed by atoms with van der Waals surface area (Å²) in [6.45, 7) is 6.08. The number of carbonyl (C=O) groups is 1. The normalized spacial score (nSPS) is 16.9. The maximum Gasteiger partial charge on any atom is 0.251 e. The van der Waals surface area contributed by atoms with Crippen LogP contribution in [0.2, 0.25) is 0 Å². The summed E-state index contributed by atoms with van der Waals surface area (Å²) < 4.78 is 4.12. The molecule has 1 amide bonds. The van der Waals surface area contributed by atoms with E-state index in [1.807, 2.05) is 53.7 Å². The third-order valence-electron chi connectivity index (χ3n) is 4.95. The van der Waals surface area contributed by atoms with Crippen molar-refractivity contribution in [1.82, 2.24) is 29.5 Å². The van der Waals surface area contributed by atoms with Crippen molar-refractivity contribution in [3.05, 3.63) is 72.1 Å². The number of hydrogen-bond acceptors (Lipinski definition) is 4. The van der Waals surface area contributed by atoms with Gasteiger partial charge in [-0.2, -0.15) is 5.10 Å². The van der Waals surface area contributed by atoms with E-state index in [0.717, 1.165) is 26.2 Å². The zero-order chi connectivity index (χ0) is 18.6. The molecule has 0 fully saturated rings. The molecule has 27 heavy (non-hydrogen) atoms. The van der Waals surface area contributed by atoms with Crippen molar-refractivity contribution in [2.75, 3.05) is 13.1 Å². The van der Waals surface area contributed by atoms with Crippen LogP contribution < -0.4 is 5.32 Å². The van der Waals surface area contributed by atoms with Gasteiger partial charge in [0.25, 0.3) is 5.91 Å². The average Bonchev–Trinajstić information content (AvgIpc) is 3.35. The zero-order valence-electron chi connectivity index (χ0n) is 15.5. The van der Waals surface area contributed by atoms with Gasteiger partial charge >= 0.3 is 0 Å². The first-order chi connectivity index (χ1) is 13.2. The van der Waals surface area contributed by atoms with Crippen molar-refractivity contribution in [2.45, 2.75) is 32.6 Å². The minimum absolute atomic E-state index is 0.0430. The van der Waals surface area contributed by atoms with E-state index >= 15 is 0 Å². The Morgan fingerprint density at radius 3 is 2.89 bits per heavy atom. The molecular formula is C20H24N6O. The summed E-state index contributed by atoms with van der Waals surface area (Å²) >= 11 is 0. The number of carbonyl (C=O) groups excluding carboxylic acids is 1. The Morgan fingerprint density at radius 1 is 1.26 bits per heavy atom. The van der Waals surface area contributed by atoms with Crippen molar-refractivity contribution >= 4 is 5.91 Å². The van der Waals surface area contributed by atoms with Crippen LogP contribution in [0.25, 0.3) is 0 Å². The van der Waals surface area contributed by atoms with Gasteiger partial charge in [0.2, 0.25) is 0 Å². The van der Waals surface area contributed by atoms with Crippen molar-refractivity contribution in [2.24, 2.45) is 0 Å². The standard InChI is InChI=1S/C20H24N6O/c1-2-25-12-16(8-23-25)11-24-13-18-9-21-15-26(18)19(14-24)10-22-20(27)17-6-4-3-5-7-17/h3-9,12,15,19H,2,10-11,13-14H2,1H3,(H,22,27)/t19-/m0/s1. The summed E-state index contributed by atoms with van der Waals surface area (Å²) in [6.07, 6.45) is 7.80. The first kappa shape index (κ1) is 17.5. The van der Waals surface area contributed by atoms with E-state index < -0.39 is 0 Å². The Kier molecular flexibility index (Phi) is 5.02. The fourth-order valence-corrected chi connectivity index (χ4v) is 3.57. The van der Waals surface area contributed by atoms with Crippen molar-refractivity contribution in [3.63, 3.8) is 0 Å². The highest BCUT2D eigenvalue weighted by molar-refractivity contribution is 5.94. The Labute approximate surface area is 158 Å². The summed E-state index contributed by atoms with van der Waals surface area (Å²) in [5.41, 5.74) is 3.06. The highest BCUT2D eigenvalue weighted by Gasteiger charge is 2.25. The average molecular weight is 364 g/mol. The second kappa shape index (κ2) is 7.75. The molecule has 1 aromatic carbocycles. The highest BCUT2D eigenvalue weighted by atomic mass is 16.1. The summed E-state index contributed by atoms with van der Waals surface area (Å²) in [5.74, 6) is -0.0430. The molecule has 0 radical (unpaired) electrons.